The highest BCUT2D eigenvalue weighted by molar-refractivity contribution is 7.14. The fourth-order valence-electron chi connectivity index (χ4n) is 1.94. The number of hydrogen-bond acceptors (Lipinski definition) is 5. The topological polar surface area (TPSA) is 63.4 Å². The van der Waals surface area contributed by atoms with E-state index in [4.69, 9.17) is 4.52 Å². The molecule has 0 radical (unpaired) electrons. The van der Waals surface area contributed by atoms with Gasteiger partial charge in [-0.2, -0.15) is 0 Å². The van der Waals surface area contributed by atoms with Crippen LogP contribution in [0.15, 0.2) is 22.7 Å². The molecule has 6 heteroatoms. The lowest BCUT2D eigenvalue weighted by atomic mass is 10.2. The zero-order valence-electron chi connectivity index (χ0n) is 12.4. The van der Waals surface area contributed by atoms with Gasteiger partial charge in [-0.3, -0.25) is 9.59 Å². The Bertz CT molecular complexity index is 645. The van der Waals surface area contributed by atoms with Crippen LogP contribution >= 0.6 is 11.3 Å². The summed E-state index contributed by atoms with van der Waals surface area (Å²) >= 11 is 1.46. The first-order valence-corrected chi connectivity index (χ1v) is 7.53. The lowest BCUT2D eigenvalue weighted by molar-refractivity contribution is -0.130. The summed E-state index contributed by atoms with van der Waals surface area (Å²) in [7, 11) is 1.70. The third-order valence-corrected chi connectivity index (χ3v) is 4.12. The Kier molecular flexibility index (Phi) is 4.90. The van der Waals surface area contributed by atoms with Crippen LogP contribution in [0.3, 0.4) is 0 Å². The predicted molar refractivity (Wildman–Crippen MR) is 80.3 cm³/mol. The van der Waals surface area contributed by atoms with E-state index in [2.05, 4.69) is 5.16 Å². The van der Waals surface area contributed by atoms with E-state index in [-0.39, 0.29) is 24.5 Å². The zero-order chi connectivity index (χ0) is 15.4. The van der Waals surface area contributed by atoms with Crippen LogP contribution < -0.4 is 0 Å². The Morgan fingerprint density at radius 2 is 2.05 bits per heavy atom. The van der Waals surface area contributed by atoms with Crippen LogP contribution in [0, 0.1) is 13.8 Å². The second-order valence-electron chi connectivity index (χ2n) is 5.01. The maximum absolute atomic E-state index is 12.0. The van der Waals surface area contributed by atoms with Crippen LogP contribution in [0.2, 0.25) is 0 Å². The first kappa shape index (κ1) is 15.4. The summed E-state index contributed by atoms with van der Waals surface area (Å²) in [6, 6.07) is 5.52. The Labute approximate surface area is 127 Å². The molecule has 0 fully saturated rings. The van der Waals surface area contributed by atoms with Crippen molar-refractivity contribution in [2.75, 3.05) is 7.05 Å². The number of amides is 1. The zero-order valence-corrected chi connectivity index (χ0v) is 13.2. The van der Waals surface area contributed by atoms with Gasteiger partial charge in [0.15, 0.2) is 5.78 Å². The minimum atomic E-state index is -0.0720. The number of carbonyl (C=O) groups excluding carboxylic acids is 2. The molecule has 5 nitrogen and oxygen atoms in total. The average Bonchev–Trinajstić information content (AvgIpc) is 3.04. The molecule has 0 N–H and O–H groups in total. The van der Waals surface area contributed by atoms with E-state index in [1.807, 2.05) is 19.1 Å². The predicted octanol–water partition coefficient (Wildman–Crippen LogP) is 2.97. The molecule has 2 aromatic heterocycles. The van der Waals surface area contributed by atoms with Crippen LogP contribution in [0.5, 0.6) is 0 Å². The maximum Gasteiger partial charge on any atom is 0.223 e. The molecule has 0 aromatic carbocycles. The lowest BCUT2D eigenvalue weighted by Crippen LogP contribution is -2.26. The second kappa shape index (κ2) is 6.67. The summed E-state index contributed by atoms with van der Waals surface area (Å²) in [5.74, 6) is 0.665. The lowest BCUT2D eigenvalue weighted by Gasteiger charge is -2.14. The van der Waals surface area contributed by atoms with E-state index in [1.165, 1.54) is 11.3 Å². The SMILES string of the molecule is Cc1cc(CN(C)C(=O)CCC(=O)c2ccc(C)s2)no1. The number of thiophene rings is 1. The Morgan fingerprint density at radius 3 is 2.62 bits per heavy atom. The van der Waals surface area contributed by atoms with Gasteiger partial charge in [-0.1, -0.05) is 5.16 Å². The Hall–Kier alpha value is -1.95. The highest BCUT2D eigenvalue weighted by Crippen LogP contribution is 2.17. The van der Waals surface area contributed by atoms with Crippen molar-refractivity contribution in [3.05, 3.63) is 39.4 Å². The second-order valence-corrected chi connectivity index (χ2v) is 6.30. The molecule has 0 aliphatic heterocycles. The first-order valence-electron chi connectivity index (χ1n) is 6.71. The monoisotopic (exact) mass is 306 g/mol. The summed E-state index contributed by atoms with van der Waals surface area (Å²) < 4.78 is 4.96. The fraction of sp³-hybridized carbons (Fsp3) is 0.400. The van der Waals surface area contributed by atoms with Crippen LogP contribution in [-0.4, -0.2) is 28.8 Å². The van der Waals surface area contributed by atoms with Crippen molar-refractivity contribution in [1.29, 1.82) is 0 Å². The Balaban J connectivity index is 1.82. The van der Waals surface area contributed by atoms with Gasteiger partial charge in [-0.15, -0.1) is 11.3 Å². The van der Waals surface area contributed by atoms with Gasteiger partial charge in [0.05, 0.1) is 11.4 Å². The molecule has 0 aliphatic rings. The van der Waals surface area contributed by atoms with Crippen LogP contribution in [-0.2, 0) is 11.3 Å². The number of aryl methyl sites for hydroxylation is 2. The van der Waals surface area contributed by atoms with E-state index in [1.54, 1.807) is 24.9 Å². The van der Waals surface area contributed by atoms with Crippen molar-refractivity contribution in [3.63, 3.8) is 0 Å². The molecule has 2 heterocycles. The molecule has 21 heavy (non-hydrogen) atoms. The molecule has 2 rings (SSSR count). The summed E-state index contributed by atoms with van der Waals surface area (Å²) in [5.41, 5.74) is 0.712. The van der Waals surface area contributed by atoms with Gasteiger partial charge >= 0.3 is 0 Å². The minimum Gasteiger partial charge on any atom is -0.361 e. The van der Waals surface area contributed by atoms with Crippen LogP contribution in [0.25, 0.3) is 0 Å². The number of carbonyl (C=O) groups is 2. The molecular formula is C15H18N2O3S. The third kappa shape index (κ3) is 4.26. The summed E-state index contributed by atoms with van der Waals surface area (Å²) in [6.45, 7) is 4.16. The van der Waals surface area contributed by atoms with Gasteiger partial charge < -0.3 is 9.42 Å². The molecular weight excluding hydrogens is 288 g/mol. The van der Waals surface area contributed by atoms with Crippen LogP contribution in [0.1, 0.15) is 38.8 Å². The number of nitrogens with zero attached hydrogens (tertiary/aromatic N) is 2. The van der Waals surface area contributed by atoms with Gasteiger partial charge in [-0.05, 0) is 26.0 Å². The fourth-order valence-corrected chi connectivity index (χ4v) is 2.78. The molecule has 112 valence electrons. The standard InChI is InChI=1S/C15H18N2O3S/c1-10-8-12(16-20-10)9-17(3)15(19)7-5-13(18)14-6-4-11(2)21-14/h4,6,8H,5,7,9H2,1-3H3. The normalized spacial score (nSPS) is 10.6. The largest absolute Gasteiger partial charge is 0.361 e. The molecule has 1 amide bonds. The van der Waals surface area contributed by atoms with Crippen molar-refractivity contribution in [2.45, 2.75) is 33.2 Å². The molecule has 0 unspecified atom stereocenters. The molecule has 2 aromatic rings. The van der Waals surface area contributed by atoms with Crippen molar-refractivity contribution < 1.29 is 14.1 Å². The number of aromatic nitrogens is 1. The molecule has 0 saturated heterocycles. The first-order chi connectivity index (χ1) is 9.95. The van der Waals surface area contributed by atoms with Gasteiger partial charge in [-0.25, -0.2) is 0 Å². The van der Waals surface area contributed by atoms with Crippen molar-refractivity contribution in [1.82, 2.24) is 10.1 Å². The average molecular weight is 306 g/mol. The van der Waals surface area contributed by atoms with Crippen molar-refractivity contribution in [2.24, 2.45) is 0 Å². The summed E-state index contributed by atoms with van der Waals surface area (Å²) in [4.78, 5) is 27.4. The molecule has 0 aliphatic carbocycles. The van der Waals surface area contributed by atoms with Gasteiger partial charge in [0.25, 0.3) is 0 Å². The van der Waals surface area contributed by atoms with E-state index in [9.17, 15) is 9.59 Å². The minimum absolute atomic E-state index is 0.0205. The van der Waals surface area contributed by atoms with E-state index >= 15 is 0 Å². The number of rotatable bonds is 6. The quantitative estimate of drug-likeness (QED) is 0.770. The smallest absolute Gasteiger partial charge is 0.223 e. The highest BCUT2D eigenvalue weighted by Gasteiger charge is 2.15. The van der Waals surface area contributed by atoms with Gasteiger partial charge in [0.1, 0.15) is 11.5 Å². The number of ketones is 1. The van der Waals surface area contributed by atoms with E-state index in [0.29, 0.717) is 18.0 Å². The molecule has 0 atom stereocenters. The number of hydrogen-bond donors (Lipinski definition) is 0. The molecule has 0 spiro atoms. The summed E-state index contributed by atoms with van der Waals surface area (Å²) in [5, 5.41) is 3.85. The van der Waals surface area contributed by atoms with Gasteiger partial charge in [0.2, 0.25) is 5.91 Å². The number of Topliss-reactive ketones (excluding diaryl/α,β-unsaturated/α-hetero) is 1. The molecule has 0 saturated carbocycles. The molecule has 0 bridgehead atoms. The van der Waals surface area contributed by atoms with E-state index in [0.717, 1.165) is 9.75 Å². The van der Waals surface area contributed by atoms with Gasteiger partial charge in [0, 0.05) is 30.8 Å². The summed E-state index contributed by atoms with van der Waals surface area (Å²) in [6.07, 6.45) is 0.448. The van der Waals surface area contributed by atoms with Crippen molar-refractivity contribution in [3.8, 4) is 0 Å². The van der Waals surface area contributed by atoms with E-state index < -0.39 is 0 Å². The Morgan fingerprint density at radius 1 is 1.29 bits per heavy atom. The van der Waals surface area contributed by atoms with Crippen molar-refractivity contribution >= 4 is 23.0 Å². The highest BCUT2D eigenvalue weighted by atomic mass is 32.1. The third-order valence-electron chi connectivity index (χ3n) is 3.08. The maximum atomic E-state index is 12.0. The van der Waals surface area contributed by atoms with Crippen LogP contribution in [0.4, 0.5) is 0 Å².